The summed E-state index contributed by atoms with van der Waals surface area (Å²) in [6, 6.07) is 6.31. The Morgan fingerprint density at radius 3 is 2.87 bits per heavy atom. The van der Waals surface area contributed by atoms with Gasteiger partial charge >= 0.3 is 0 Å². The van der Waals surface area contributed by atoms with Gasteiger partial charge in [0.1, 0.15) is 10.8 Å². The molecule has 1 fully saturated rings. The number of hydrogen-bond acceptors (Lipinski definition) is 4. The number of halogens is 1. The predicted octanol–water partition coefficient (Wildman–Crippen LogP) is 4.06. The van der Waals surface area contributed by atoms with E-state index in [1.54, 1.807) is 18.2 Å². The van der Waals surface area contributed by atoms with Gasteiger partial charge in [0.25, 0.3) is 0 Å². The molecule has 1 aromatic heterocycles. The predicted molar refractivity (Wildman–Crippen MR) is 89.6 cm³/mol. The summed E-state index contributed by atoms with van der Waals surface area (Å²) in [5.74, 6) is 0.00980. The lowest BCUT2D eigenvalue weighted by atomic mass is 10.1. The van der Waals surface area contributed by atoms with E-state index >= 15 is 0 Å². The highest BCUT2D eigenvalue weighted by atomic mass is 32.1. The molecular formula is C17H18FN3OS. The minimum atomic E-state index is -0.355. The van der Waals surface area contributed by atoms with Crippen molar-refractivity contribution in [1.29, 1.82) is 0 Å². The van der Waals surface area contributed by atoms with Crippen LogP contribution in [0.5, 0.6) is 0 Å². The van der Waals surface area contributed by atoms with Crippen molar-refractivity contribution in [2.24, 2.45) is 5.92 Å². The first-order valence-corrected chi connectivity index (χ1v) is 8.58. The second kappa shape index (κ2) is 7.46. The van der Waals surface area contributed by atoms with E-state index < -0.39 is 0 Å². The van der Waals surface area contributed by atoms with Gasteiger partial charge in [-0.05, 0) is 18.1 Å². The van der Waals surface area contributed by atoms with Crippen LogP contribution < -0.4 is 5.32 Å². The van der Waals surface area contributed by atoms with Crippen molar-refractivity contribution < 1.29 is 9.18 Å². The Balaban J connectivity index is 1.55. The van der Waals surface area contributed by atoms with Crippen LogP contribution in [-0.2, 0) is 11.2 Å². The number of amides is 1. The van der Waals surface area contributed by atoms with Gasteiger partial charge in [0, 0.05) is 18.1 Å². The molecular weight excluding hydrogens is 313 g/mol. The first kappa shape index (κ1) is 15.8. The fourth-order valence-electron chi connectivity index (χ4n) is 2.77. The molecule has 1 aliphatic carbocycles. The molecule has 4 nitrogen and oxygen atoms in total. The number of carbonyl (C=O) groups is 1. The van der Waals surface area contributed by atoms with Crippen molar-refractivity contribution in [3.8, 4) is 0 Å². The minimum Gasteiger partial charge on any atom is -0.297 e. The van der Waals surface area contributed by atoms with Crippen molar-refractivity contribution in [3.63, 3.8) is 0 Å². The molecule has 1 amide bonds. The van der Waals surface area contributed by atoms with E-state index in [4.69, 9.17) is 0 Å². The molecule has 2 aromatic rings. The monoisotopic (exact) mass is 331 g/mol. The molecule has 23 heavy (non-hydrogen) atoms. The summed E-state index contributed by atoms with van der Waals surface area (Å²) < 4.78 is 13.5. The van der Waals surface area contributed by atoms with E-state index in [-0.39, 0.29) is 11.7 Å². The molecule has 3 rings (SSSR count). The maximum Gasteiger partial charge on any atom is 0.250 e. The first-order valence-electron chi connectivity index (χ1n) is 7.76. The zero-order chi connectivity index (χ0) is 16.1. The summed E-state index contributed by atoms with van der Waals surface area (Å²) >= 11 is 1.41. The molecule has 0 unspecified atom stereocenters. The Hall–Kier alpha value is -2.08. The SMILES string of the molecule is O=C(C=Cc1ccccc1F)Nc1nnc(CC2CCCC2)s1. The van der Waals surface area contributed by atoms with Crippen molar-refractivity contribution in [1.82, 2.24) is 10.2 Å². The quantitative estimate of drug-likeness (QED) is 0.841. The molecule has 0 saturated heterocycles. The molecule has 120 valence electrons. The van der Waals surface area contributed by atoms with Crippen LogP contribution in [0, 0.1) is 11.7 Å². The number of anilines is 1. The third-order valence-electron chi connectivity index (χ3n) is 3.95. The minimum absolute atomic E-state index is 0.336. The van der Waals surface area contributed by atoms with Crippen LogP contribution >= 0.6 is 11.3 Å². The third kappa shape index (κ3) is 4.45. The van der Waals surface area contributed by atoms with E-state index in [1.807, 2.05) is 0 Å². The van der Waals surface area contributed by atoms with Gasteiger partial charge in [0.05, 0.1) is 0 Å². The Kier molecular flexibility index (Phi) is 5.12. The lowest BCUT2D eigenvalue weighted by Gasteiger charge is -2.03. The molecule has 0 aliphatic heterocycles. The van der Waals surface area contributed by atoms with Crippen LogP contribution in [0.2, 0.25) is 0 Å². The van der Waals surface area contributed by atoms with Crippen LogP contribution in [0.4, 0.5) is 9.52 Å². The molecule has 6 heteroatoms. The van der Waals surface area contributed by atoms with Gasteiger partial charge < -0.3 is 0 Å². The number of carbonyl (C=O) groups excluding carboxylic acids is 1. The maximum absolute atomic E-state index is 13.5. The Morgan fingerprint density at radius 1 is 1.30 bits per heavy atom. The highest BCUT2D eigenvalue weighted by Crippen LogP contribution is 2.29. The fourth-order valence-corrected chi connectivity index (χ4v) is 3.63. The van der Waals surface area contributed by atoms with Crippen molar-refractivity contribution >= 4 is 28.5 Å². The highest BCUT2D eigenvalue weighted by molar-refractivity contribution is 7.15. The zero-order valence-electron chi connectivity index (χ0n) is 12.7. The molecule has 0 spiro atoms. The molecule has 0 bridgehead atoms. The summed E-state index contributed by atoms with van der Waals surface area (Å²) in [6.07, 6.45) is 8.81. The van der Waals surface area contributed by atoms with E-state index in [0.717, 1.165) is 11.4 Å². The van der Waals surface area contributed by atoms with Crippen molar-refractivity contribution in [3.05, 3.63) is 46.7 Å². The lowest BCUT2D eigenvalue weighted by molar-refractivity contribution is -0.111. The van der Waals surface area contributed by atoms with Crippen LogP contribution in [0.1, 0.15) is 36.3 Å². The summed E-state index contributed by atoms with van der Waals surface area (Å²) in [7, 11) is 0. The summed E-state index contributed by atoms with van der Waals surface area (Å²) in [6.45, 7) is 0. The Labute approximate surface area is 138 Å². The van der Waals surface area contributed by atoms with Gasteiger partial charge in [0.15, 0.2) is 0 Å². The number of aromatic nitrogens is 2. The standard InChI is InChI=1S/C17H18FN3OS/c18-14-8-4-3-7-13(14)9-10-15(22)19-17-21-20-16(23-17)11-12-5-1-2-6-12/h3-4,7-10,12H,1-2,5-6,11H2,(H,19,21,22). The zero-order valence-corrected chi connectivity index (χ0v) is 13.5. The van der Waals surface area contributed by atoms with Crippen LogP contribution in [0.25, 0.3) is 6.08 Å². The number of nitrogens with zero attached hydrogens (tertiary/aromatic N) is 2. The van der Waals surface area contributed by atoms with Crippen molar-refractivity contribution in [2.75, 3.05) is 5.32 Å². The summed E-state index contributed by atoms with van der Waals surface area (Å²) in [4.78, 5) is 11.9. The van der Waals surface area contributed by atoms with E-state index in [1.165, 1.54) is 55.2 Å². The van der Waals surface area contributed by atoms with Gasteiger partial charge in [-0.1, -0.05) is 55.2 Å². The lowest BCUT2D eigenvalue weighted by Crippen LogP contribution is -2.07. The number of hydrogen-bond donors (Lipinski definition) is 1. The number of nitrogens with one attached hydrogen (secondary N) is 1. The molecule has 0 radical (unpaired) electrons. The topological polar surface area (TPSA) is 54.9 Å². The fraction of sp³-hybridized carbons (Fsp3) is 0.353. The summed E-state index contributed by atoms with van der Waals surface area (Å²) in [5.41, 5.74) is 0.377. The third-order valence-corrected chi connectivity index (χ3v) is 4.82. The number of benzene rings is 1. The molecule has 1 heterocycles. The van der Waals surface area contributed by atoms with E-state index in [9.17, 15) is 9.18 Å². The Morgan fingerprint density at radius 2 is 2.09 bits per heavy atom. The van der Waals surface area contributed by atoms with Gasteiger partial charge in [-0.15, -0.1) is 10.2 Å². The summed E-state index contributed by atoms with van der Waals surface area (Å²) in [5, 5.41) is 12.3. The second-order valence-electron chi connectivity index (χ2n) is 5.70. The molecule has 1 aromatic carbocycles. The van der Waals surface area contributed by atoms with Gasteiger partial charge in [-0.2, -0.15) is 0 Å². The van der Waals surface area contributed by atoms with Crippen molar-refractivity contribution in [2.45, 2.75) is 32.1 Å². The van der Waals surface area contributed by atoms with Gasteiger partial charge in [-0.25, -0.2) is 4.39 Å². The highest BCUT2D eigenvalue weighted by Gasteiger charge is 2.17. The van der Waals surface area contributed by atoms with Gasteiger partial charge in [-0.3, -0.25) is 10.1 Å². The largest absolute Gasteiger partial charge is 0.297 e. The molecule has 0 atom stereocenters. The molecule has 1 N–H and O–H groups in total. The van der Waals surface area contributed by atoms with Crippen LogP contribution in [-0.4, -0.2) is 16.1 Å². The Bertz CT molecular complexity index is 707. The van der Waals surface area contributed by atoms with Crippen LogP contribution in [0.15, 0.2) is 30.3 Å². The average molecular weight is 331 g/mol. The molecule has 1 saturated carbocycles. The smallest absolute Gasteiger partial charge is 0.250 e. The van der Waals surface area contributed by atoms with Crippen LogP contribution in [0.3, 0.4) is 0 Å². The second-order valence-corrected chi connectivity index (χ2v) is 6.76. The van der Waals surface area contributed by atoms with E-state index in [2.05, 4.69) is 15.5 Å². The van der Waals surface area contributed by atoms with Gasteiger partial charge in [0.2, 0.25) is 11.0 Å². The normalized spacial score (nSPS) is 15.3. The van der Waals surface area contributed by atoms with E-state index in [0.29, 0.717) is 16.6 Å². The number of rotatable bonds is 5. The molecule has 1 aliphatic rings. The maximum atomic E-state index is 13.5. The first-order chi connectivity index (χ1) is 11.2. The average Bonchev–Trinajstić information content (AvgIpc) is 3.19.